The van der Waals surface area contributed by atoms with Gasteiger partial charge < -0.3 is 5.32 Å². The van der Waals surface area contributed by atoms with Gasteiger partial charge in [0.05, 0.1) is 0 Å². The van der Waals surface area contributed by atoms with Crippen LogP contribution in [0.3, 0.4) is 0 Å². The van der Waals surface area contributed by atoms with Crippen LogP contribution in [0.5, 0.6) is 0 Å². The van der Waals surface area contributed by atoms with Gasteiger partial charge in [-0.25, -0.2) is 0 Å². The minimum absolute atomic E-state index is 0.0387. The van der Waals surface area contributed by atoms with Crippen LogP contribution >= 0.6 is 0 Å². The Bertz CT molecular complexity index is 660. The summed E-state index contributed by atoms with van der Waals surface area (Å²) in [6.07, 6.45) is 2.16. The van der Waals surface area contributed by atoms with Gasteiger partial charge in [0.1, 0.15) is 0 Å². The molecule has 114 valence electrons. The average Bonchev–Trinajstić information content (AvgIpc) is 2.78. The van der Waals surface area contributed by atoms with Gasteiger partial charge in [-0.05, 0) is 37.4 Å². The predicted molar refractivity (Wildman–Crippen MR) is 90.2 cm³/mol. The van der Waals surface area contributed by atoms with E-state index >= 15 is 0 Å². The van der Waals surface area contributed by atoms with Crippen LogP contribution in [0, 0.1) is 12.8 Å². The van der Waals surface area contributed by atoms with Gasteiger partial charge in [0.25, 0.3) is 0 Å². The van der Waals surface area contributed by atoms with Crippen molar-refractivity contribution in [2.45, 2.75) is 32.7 Å². The molecule has 0 heterocycles. The Hall–Kier alpha value is -1.93. The second-order valence-electron chi connectivity index (χ2n) is 6.26. The van der Waals surface area contributed by atoms with Crippen LogP contribution in [0.25, 0.3) is 0 Å². The van der Waals surface area contributed by atoms with Crippen molar-refractivity contribution >= 4 is 5.78 Å². The van der Waals surface area contributed by atoms with Crippen LogP contribution < -0.4 is 5.32 Å². The normalized spacial score (nSPS) is 20.2. The smallest absolute Gasteiger partial charge is 0.167 e. The lowest BCUT2D eigenvalue weighted by Crippen LogP contribution is -2.26. The predicted octanol–water partition coefficient (Wildman–Crippen LogP) is 4.09. The van der Waals surface area contributed by atoms with Crippen molar-refractivity contribution in [3.8, 4) is 0 Å². The van der Waals surface area contributed by atoms with E-state index < -0.39 is 0 Å². The highest BCUT2D eigenvalue weighted by Gasteiger charge is 2.35. The fourth-order valence-corrected chi connectivity index (χ4v) is 3.25. The number of ketones is 1. The molecule has 0 saturated carbocycles. The number of hydrogen-bond donors (Lipinski definition) is 1. The van der Waals surface area contributed by atoms with E-state index in [1.807, 2.05) is 25.1 Å². The standard InChI is InChI=1S/C20H23NO/c1-14-9-11-16(12-10-14)6-5-13-21-19-15(2)20(22)18-8-4-3-7-17(18)19/h3-4,7-12,15,19,21H,5-6,13H2,1-2H3. The number of carbonyl (C=O) groups is 1. The Morgan fingerprint density at radius 3 is 2.55 bits per heavy atom. The topological polar surface area (TPSA) is 29.1 Å². The maximum atomic E-state index is 12.3. The summed E-state index contributed by atoms with van der Waals surface area (Å²) >= 11 is 0. The lowest BCUT2D eigenvalue weighted by Gasteiger charge is -2.17. The Morgan fingerprint density at radius 2 is 1.77 bits per heavy atom. The van der Waals surface area contributed by atoms with Crippen LogP contribution in [0.4, 0.5) is 0 Å². The van der Waals surface area contributed by atoms with Crippen LogP contribution in [0.15, 0.2) is 48.5 Å². The third kappa shape index (κ3) is 2.97. The Morgan fingerprint density at radius 1 is 1.05 bits per heavy atom. The second-order valence-corrected chi connectivity index (χ2v) is 6.26. The third-order valence-corrected chi connectivity index (χ3v) is 4.60. The monoisotopic (exact) mass is 293 g/mol. The van der Waals surface area contributed by atoms with E-state index in [4.69, 9.17) is 0 Å². The van der Waals surface area contributed by atoms with E-state index in [1.54, 1.807) is 0 Å². The summed E-state index contributed by atoms with van der Waals surface area (Å²) in [7, 11) is 0. The van der Waals surface area contributed by atoms with Crippen molar-refractivity contribution in [1.82, 2.24) is 5.32 Å². The highest BCUT2D eigenvalue weighted by molar-refractivity contribution is 6.02. The summed E-state index contributed by atoms with van der Waals surface area (Å²) in [5.74, 6) is 0.309. The molecule has 2 nitrogen and oxygen atoms in total. The quantitative estimate of drug-likeness (QED) is 0.841. The fourth-order valence-electron chi connectivity index (χ4n) is 3.25. The summed E-state index contributed by atoms with van der Waals surface area (Å²) < 4.78 is 0. The molecular weight excluding hydrogens is 270 g/mol. The Kier molecular flexibility index (Phi) is 4.39. The molecule has 2 atom stereocenters. The maximum absolute atomic E-state index is 12.3. The van der Waals surface area contributed by atoms with Crippen LogP contribution in [0.1, 0.15) is 46.4 Å². The van der Waals surface area contributed by atoms with Crippen molar-refractivity contribution in [1.29, 1.82) is 0 Å². The van der Waals surface area contributed by atoms with Gasteiger partial charge in [-0.15, -0.1) is 0 Å². The van der Waals surface area contributed by atoms with E-state index in [-0.39, 0.29) is 17.7 Å². The van der Waals surface area contributed by atoms with Gasteiger partial charge in [-0.3, -0.25) is 4.79 Å². The molecule has 0 amide bonds. The van der Waals surface area contributed by atoms with Crippen LogP contribution in [0.2, 0.25) is 0 Å². The van der Waals surface area contributed by atoms with E-state index in [0.29, 0.717) is 0 Å². The van der Waals surface area contributed by atoms with Crippen LogP contribution in [-0.4, -0.2) is 12.3 Å². The molecule has 2 heteroatoms. The van der Waals surface area contributed by atoms with E-state index in [1.165, 1.54) is 11.1 Å². The summed E-state index contributed by atoms with van der Waals surface area (Å²) in [4.78, 5) is 12.3. The zero-order chi connectivity index (χ0) is 15.5. The maximum Gasteiger partial charge on any atom is 0.167 e. The third-order valence-electron chi connectivity index (χ3n) is 4.60. The summed E-state index contributed by atoms with van der Waals surface area (Å²) in [5.41, 5.74) is 4.74. The van der Waals surface area contributed by atoms with Crippen molar-refractivity contribution in [2.24, 2.45) is 5.92 Å². The largest absolute Gasteiger partial charge is 0.309 e. The molecule has 1 aliphatic rings. The molecule has 2 aromatic rings. The Balaban J connectivity index is 1.56. The van der Waals surface area contributed by atoms with Gasteiger partial charge in [-0.1, -0.05) is 61.0 Å². The van der Waals surface area contributed by atoms with Gasteiger partial charge in [-0.2, -0.15) is 0 Å². The summed E-state index contributed by atoms with van der Waals surface area (Å²) in [6, 6.07) is 16.9. The SMILES string of the molecule is Cc1ccc(CCCNC2c3ccccc3C(=O)C2C)cc1. The first-order valence-electron chi connectivity index (χ1n) is 8.09. The number of Topliss-reactive ketones (excluding diaryl/α,β-unsaturated/α-hetero) is 1. The van der Waals surface area contributed by atoms with Gasteiger partial charge in [0.2, 0.25) is 0 Å². The first-order valence-corrected chi connectivity index (χ1v) is 8.09. The van der Waals surface area contributed by atoms with Gasteiger partial charge in [0.15, 0.2) is 5.78 Å². The van der Waals surface area contributed by atoms with Crippen molar-refractivity contribution in [3.63, 3.8) is 0 Å². The minimum Gasteiger partial charge on any atom is -0.309 e. The molecule has 0 bridgehead atoms. The number of rotatable bonds is 5. The molecule has 2 aromatic carbocycles. The zero-order valence-corrected chi connectivity index (χ0v) is 13.3. The number of fused-ring (bicyclic) bond motifs is 1. The number of carbonyl (C=O) groups excluding carboxylic acids is 1. The molecule has 2 unspecified atom stereocenters. The summed E-state index contributed by atoms with van der Waals surface area (Å²) in [5, 5.41) is 3.58. The molecule has 0 aromatic heterocycles. The highest BCUT2D eigenvalue weighted by Crippen LogP contribution is 2.35. The number of nitrogens with one attached hydrogen (secondary N) is 1. The molecule has 0 saturated heterocycles. The van der Waals surface area contributed by atoms with Crippen molar-refractivity contribution < 1.29 is 4.79 Å². The van der Waals surface area contributed by atoms with Crippen molar-refractivity contribution in [2.75, 3.05) is 6.54 Å². The van der Waals surface area contributed by atoms with Crippen molar-refractivity contribution in [3.05, 3.63) is 70.8 Å². The molecular formula is C20H23NO. The highest BCUT2D eigenvalue weighted by atomic mass is 16.1. The number of aryl methyl sites for hydroxylation is 2. The molecule has 1 N–H and O–H groups in total. The minimum atomic E-state index is 0.0387. The lowest BCUT2D eigenvalue weighted by molar-refractivity contribution is 0.0927. The molecule has 0 fully saturated rings. The summed E-state index contributed by atoms with van der Waals surface area (Å²) in [6.45, 7) is 5.08. The first-order chi connectivity index (χ1) is 10.7. The van der Waals surface area contributed by atoms with E-state index in [0.717, 1.165) is 30.5 Å². The molecule has 1 aliphatic carbocycles. The lowest BCUT2D eigenvalue weighted by atomic mass is 10.0. The molecule has 0 radical (unpaired) electrons. The van der Waals surface area contributed by atoms with Gasteiger partial charge >= 0.3 is 0 Å². The molecule has 22 heavy (non-hydrogen) atoms. The molecule has 0 spiro atoms. The van der Waals surface area contributed by atoms with Gasteiger partial charge in [0, 0.05) is 17.5 Å². The van der Waals surface area contributed by atoms with E-state index in [2.05, 4.69) is 42.6 Å². The number of benzene rings is 2. The average molecular weight is 293 g/mol. The van der Waals surface area contributed by atoms with Crippen LogP contribution in [-0.2, 0) is 6.42 Å². The molecule has 3 rings (SSSR count). The molecule has 0 aliphatic heterocycles. The second kappa shape index (κ2) is 6.45. The zero-order valence-electron chi connectivity index (χ0n) is 13.3. The Labute approximate surface area is 132 Å². The fraction of sp³-hybridized carbons (Fsp3) is 0.350. The first kappa shape index (κ1) is 15.0. The van der Waals surface area contributed by atoms with E-state index in [9.17, 15) is 4.79 Å². The number of hydrogen-bond acceptors (Lipinski definition) is 2.